The van der Waals surface area contributed by atoms with Crippen molar-refractivity contribution in [1.29, 1.82) is 0 Å². The molecule has 2 atom stereocenters. The first kappa shape index (κ1) is 14.3. The van der Waals surface area contributed by atoms with Crippen LogP contribution in [0.3, 0.4) is 0 Å². The molecule has 0 unspecified atom stereocenters. The Balaban J connectivity index is 1.79. The van der Waals surface area contributed by atoms with Gasteiger partial charge in [0.15, 0.2) is 0 Å². The molecule has 1 aliphatic carbocycles. The molecular formula is C14H22N2O2S. The van der Waals surface area contributed by atoms with Gasteiger partial charge in [0.25, 0.3) is 0 Å². The second-order valence-corrected chi connectivity index (χ2v) is 6.02. The largest absolute Gasteiger partial charge is 0.379 e. The maximum Gasteiger partial charge on any atom is 0.315 e. The number of hydrogen-bond donors (Lipinski definition) is 2. The average molecular weight is 282 g/mol. The fourth-order valence-corrected chi connectivity index (χ4v) is 3.36. The van der Waals surface area contributed by atoms with Crippen molar-refractivity contribution in [3.05, 3.63) is 21.9 Å². The normalized spacial score (nSPS) is 23.1. The van der Waals surface area contributed by atoms with Crippen LogP contribution >= 0.6 is 11.3 Å². The number of rotatable bonds is 4. The van der Waals surface area contributed by atoms with Crippen molar-refractivity contribution in [2.75, 3.05) is 7.11 Å². The highest BCUT2D eigenvalue weighted by atomic mass is 32.1. The van der Waals surface area contributed by atoms with E-state index in [0.717, 1.165) is 19.3 Å². The lowest BCUT2D eigenvalue weighted by molar-refractivity contribution is 0.0452. The summed E-state index contributed by atoms with van der Waals surface area (Å²) >= 11 is 1.68. The summed E-state index contributed by atoms with van der Waals surface area (Å²) in [5.74, 6) is 0. The molecule has 1 aromatic heterocycles. The molecule has 0 radical (unpaired) electrons. The van der Waals surface area contributed by atoms with Crippen LogP contribution in [0.1, 0.15) is 36.1 Å². The number of carbonyl (C=O) groups is 1. The van der Waals surface area contributed by atoms with E-state index in [1.54, 1.807) is 18.4 Å². The van der Waals surface area contributed by atoms with E-state index in [4.69, 9.17) is 4.74 Å². The van der Waals surface area contributed by atoms with Crippen LogP contribution in [0, 0.1) is 6.92 Å². The predicted molar refractivity (Wildman–Crippen MR) is 77.5 cm³/mol. The van der Waals surface area contributed by atoms with Crippen molar-refractivity contribution in [3.8, 4) is 0 Å². The summed E-state index contributed by atoms with van der Waals surface area (Å²) in [5, 5.41) is 8.00. The van der Waals surface area contributed by atoms with Crippen LogP contribution in [-0.2, 0) is 11.3 Å². The van der Waals surface area contributed by atoms with Gasteiger partial charge in [-0.2, -0.15) is 0 Å². The summed E-state index contributed by atoms with van der Waals surface area (Å²) in [6.45, 7) is 2.66. The second-order valence-electron chi connectivity index (χ2n) is 5.02. The van der Waals surface area contributed by atoms with Crippen molar-refractivity contribution < 1.29 is 9.53 Å². The highest BCUT2D eigenvalue weighted by Crippen LogP contribution is 2.20. The Bertz CT molecular complexity index is 419. The highest BCUT2D eigenvalue weighted by molar-refractivity contribution is 7.10. The number of urea groups is 1. The van der Waals surface area contributed by atoms with Crippen molar-refractivity contribution in [2.24, 2.45) is 0 Å². The zero-order valence-corrected chi connectivity index (χ0v) is 12.4. The maximum atomic E-state index is 11.9. The predicted octanol–water partition coefficient (Wildman–Crippen LogP) is 2.81. The molecule has 106 valence electrons. The number of thiophene rings is 1. The second kappa shape index (κ2) is 6.91. The molecule has 4 nitrogen and oxygen atoms in total. The molecule has 2 amide bonds. The Morgan fingerprint density at radius 3 is 2.95 bits per heavy atom. The van der Waals surface area contributed by atoms with Gasteiger partial charge in [-0.15, -0.1) is 11.3 Å². The standard InChI is InChI=1S/C14H22N2O2S/c1-10-7-8-19-13(10)9-15-14(17)16-11-5-3-4-6-12(11)18-2/h7-8,11-12H,3-6,9H2,1-2H3,(H2,15,16,17)/t11-,12-/m0/s1. The van der Waals surface area contributed by atoms with E-state index >= 15 is 0 Å². The van der Waals surface area contributed by atoms with Gasteiger partial charge in [0.05, 0.1) is 18.7 Å². The van der Waals surface area contributed by atoms with Crippen LogP contribution in [0.4, 0.5) is 4.79 Å². The lowest BCUT2D eigenvalue weighted by Crippen LogP contribution is -2.49. The lowest BCUT2D eigenvalue weighted by Gasteiger charge is -2.31. The number of carbonyl (C=O) groups excluding carboxylic acids is 1. The highest BCUT2D eigenvalue weighted by Gasteiger charge is 2.26. The molecule has 1 aliphatic rings. The van der Waals surface area contributed by atoms with Crippen molar-refractivity contribution in [2.45, 2.75) is 51.3 Å². The minimum Gasteiger partial charge on any atom is -0.379 e. The average Bonchev–Trinajstić information content (AvgIpc) is 2.82. The van der Waals surface area contributed by atoms with Gasteiger partial charge in [-0.1, -0.05) is 12.8 Å². The number of ether oxygens (including phenoxy) is 1. The topological polar surface area (TPSA) is 50.4 Å². The molecule has 2 N–H and O–H groups in total. The number of amides is 2. The van der Waals surface area contributed by atoms with E-state index in [1.165, 1.54) is 16.9 Å². The molecule has 1 fully saturated rings. The van der Waals surface area contributed by atoms with Gasteiger partial charge in [-0.25, -0.2) is 4.79 Å². The Kier molecular flexibility index (Phi) is 5.22. The monoisotopic (exact) mass is 282 g/mol. The van der Waals surface area contributed by atoms with Gasteiger partial charge in [0.1, 0.15) is 0 Å². The lowest BCUT2D eigenvalue weighted by atomic mass is 9.92. The maximum absolute atomic E-state index is 11.9. The zero-order chi connectivity index (χ0) is 13.7. The van der Waals surface area contributed by atoms with Crippen LogP contribution < -0.4 is 10.6 Å². The molecule has 0 saturated heterocycles. The van der Waals surface area contributed by atoms with Gasteiger partial charge < -0.3 is 15.4 Å². The number of hydrogen-bond acceptors (Lipinski definition) is 3. The summed E-state index contributed by atoms with van der Waals surface area (Å²) < 4.78 is 5.43. The molecule has 1 saturated carbocycles. The van der Waals surface area contributed by atoms with Crippen molar-refractivity contribution in [3.63, 3.8) is 0 Å². The molecule has 5 heteroatoms. The third-order valence-corrected chi connectivity index (χ3v) is 4.72. The summed E-state index contributed by atoms with van der Waals surface area (Å²) in [6.07, 6.45) is 4.54. The van der Waals surface area contributed by atoms with Crippen LogP contribution in [0.15, 0.2) is 11.4 Å². The summed E-state index contributed by atoms with van der Waals surface area (Å²) in [4.78, 5) is 13.1. The first-order valence-corrected chi connectivity index (χ1v) is 7.69. The van der Waals surface area contributed by atoms with Crippen LogP contribution in [-0.4, -0.2) is 25.3 Å². The molecule has 1 heterocycles. The molecule has 1 aromatic rings. The molecular weight excluding hydrogens is 260 g/mol. The van der Waals surface area contributed by atoms with E-state index in [0.29, 0.717) is 6.54 Å². The van der Waals surface area contributed by atoms with E-state index in [9.17, 15) is 4.79 Å². The van der Waals surface area contributed by atoms with Crippen molar-refractivity contribution >= 4 is 17.4 Å². The van der Waals surface area contributed by atoms with Crippen LogP contribution in [0.25, 0.3) is 0 Å². The third kappa shape index (κ3) is 3.94. The van der Waals surface area contributed by atoms with Gasteiger partial charge in [0, 0.05) is 12.0 Å². The molecule has 0 aromatic carbocycles. The fraction of sp³-hybridized carbons (Fsp3) is 0.643. The Labute approximate surface area is 118 Å². The number of nitrogens with one attached hydrogen (secondary N) is 2. The first-order chi connectivity index (χ1) is 9.20. The minimum absolute atomic E-state index is 0.0956. The van der Waals surface area contributed by atoms with Crippen LogP contribution in [0.5, 0.6) is 0 Å². The molecule has 19 heavy (non-hydrogen) atoms. The van der Waals surface area contributed by atoms with E-state index in [-0.39, 0.29) is 18.2 Å². The SMILES string of the molecule is CO[C@H]1CCCC[C@@H]1NC(=O)NCc1sccc1C. The van der Waals surface area contributed by atoms with E-state index < -0.39 is 0 Å². The zero-order valence-electron chi connectivity index (χ0n) is 11.6. The summed E-state index contributed by atoms with van der Waals surface area (Å²) in [5.41, 5.74) is 1.23. The third-order valence-electron chi connectivity index (χ3n) is 3.70. The Hall–Kier alpha value is -1.07. The quantitative estimate of drug-likeness (QED) is 0.892. The molecule has 2 rings (SSSR count). The van der Waals surface area contributed by atoms with Gasteiger partial charge in [-0.05, 0) is 36.8 Å². The Morgan fingerprint density at radius 2 is 2.26 bits per heavy atom. The Morgan fingerprint density at radius 1 is 1.47 bits per heavy atom. The smallest absolute Gasteiger partial charge is 0.315 e. The minimum atomic E-state index is -0.0956. The summed E-state index contributed by atoms with van der Waals surface area (Å²) in [6, 6.07) is 2.12. The molecule has 0 bridgehead atoms. The van der Waals surface area contributed by atoms with Crippen LogP contribution in [0.2, 0.25) is 0 Å². The van der Waals surface area contributed by atoms with Crippen molar-refractivity contribution in [1.82, 2.24) is 10.6 Å². The van der Waals surface area contributed by atoms with E-state index in [1.807, 2.05) is 5.38 Å². The fourth-order valence-electron chi connectivity index (χ4n) is 2.51. The number of methoxy groups -OCH3 is 1. The van der Waals surface area contributed by atoms with Gasteiger partial charge >= 0.3 is 6.03 Å². The molecule has 0 aliphatic heterocycles. The van der Waals surface area contributed by atoms with Gasteiger partial charge in [-0.3, -0.25) is 0 Å². The molecule has 0 spiro atoms. The van der Waals surface area contributed by atoms with E-state index in [2.05, 4.69) is 23.6 Å². The number of aryl methyl sites for hydroxylation is 1. The first-order valence-electron chi connectivity index (χ1n) is 6.81. The summed E-state index contributed by atoms with van der Waals surface area (Å²) in [7, 11) is 1.72. The van der Waals surface area contributed by atoms with Gasteiger partial charge in [0.2, 0.25) is 0 Å².